The van der Waals surface area contributed by atoms with E-state index < -0.39 is 0 Å². The first kappa shape index (κ1) is 14.3. The van der Waals surface area contributed by atoms with Crippen LogP contribution in [0, 0.1) is 11.3 Å². The highest BCUT2D eigenvalue weighted by Crippen LogP contribution is 2.31. The van der Waals surface area contributed by atoms with Crippen LogP contribution in [-0.4, -0.2) is 16.1 Å². The van der Waals surface area contributed by atoms with Gasteiger partial charge in [-0.25, -0.2) is 4.98 Å². The van der Waals surface area contributed by atoms with Crippen molar-refractivity contribution in [1.82, 2.24) is 9.97 Å². The molecule has 4 nitrogen and oxygen atoms in total. The second-order valence-corrected chi connectivity index (χ2v) is 5.71. The highest BCUT2D eigenvalue weighted by molar-refractivity contribution is 5.84. The molecule has 1 N–H and O–H groups in total. The Bertz CT molecular complexity index is 988. The lowest BCUT2D eigenvalue weighted by Gasteiger charge is -2.22. The van der Waals surface area contributed by atoms with Crippen LogP contribution < -0.4 is 4.74 Å². The molecule has 0 saturated carbocycles. The first-order valence-electron chi connectivity index (χ1n) is 7.79. The Morgan fingerprint density at radius 3 is 2.83 bits per heavy atom. The maximum absolute atomic E-state index is 9.57. The SMILES string of the molecule is CC1Oc2ccccc2C=C1C=C(C#N)c1nc2ccccc2[nH]1. The maximum atomic E-state index is 9.57. The summed E-state index contributed by atoms with van der Waals surface area (Å²) in [5, 5.41) is 9.57. The van der Waals surface area contributed by atoms with Gasteiger partial charge < -0.3 is 9.72 Å². The van der Waals surface area contributed by atoms with Crippen molar-refractivity contribution >= 4 is 22.7 Å². The number of ether oxygens (including phenoxy) is 1. The van der Waals surface area contributed by atoms with Crippen LogP contribution >= 0.6 is 0 Å². The zero-order valence-corrected chi connectivity index (χ0v) is 13.2. The van der Waals surface area contributed by atoms with Crippen molar-refractivity contribution in [1.29, 1.82) is 5.26 Å². The van der Waals surface area contributed by atoms with Gasteiger partial charge in [-0.1, -0.05) is 30.3 Å². The lowest BCUT2D eigenvalue weighted by Crippen LogP contribution is -2.17. The van der Waals surface area contributed by atoms with E-state index in [4.69, 9.17) is 4.74 Å². The summed E-state index contributed by atoms with van der Waals surface area (Å²) in [6.07, 6.45) is 3.79. The molecule has 2 aromatic carbocycles. The average molecular weight is 313 g/mol. The van der Waals surface area contributed by atoms with Crippen LogP contribution in [0.25, 0.3) is 22.7 Å². The number of nitrogens with zero attached hydrogens (tertiary/aromatic N) is 2. The van der Waals surface area contributed by atoms with Gasteiger partial charge in [0.25, 0.3) is 0 Å². The van der Waals surface area contributed by atoms with E-state index in [-0.39, 0.29) is 6.10 Å². The molecule has 1 aromatic heterocycles. The van der Waals surface area contributed by atoms with Crippen LogP contribution in [0.4, 0.5) is 0 Å². The quantitative estimate of drug-likeness (QED) is 0.716. The van der Waals surface area contributed by atoms with Crippen molar-refractivity contribution < 1.29 is 4.74 Å². The molecule has 1 aliphatic rings. The number of nitrogens with one attached hydrogen (secondary N) is 1. The normalized spacial score (nSPS) is 16.9. The lowest BCUT2D eigenvalue weighted by molar-refractivity contribution is 0.257. The fourth-order valence-electron chi connectivity index (χ4n) is 2.82. The molecule has 0 spiro atoms. The van der Waals surface area contributed by atoms with Crippen molar-refractivity contribution in [2.75, 3.05) is 0 Å². The Kier molecular flexibility index (Phi) is 3.40. The molecule has 1 atom stereocenters. The van der Waals surface area contributed by atoms with E-state index in [1.807, 2.05) is 61.5 Å². The standard InChI is InChI=1S/C20H15N3O/c1-13-15(10-14-6-2-5-9-19(14)24-13)11-16(12-21)20-22-17-7-3-4-8-18(17)23-20/h2-11,13H,1H3,(H,22,23). The van der Waals surface area contributed by atoms with Crippen LogP contribution in [0.3, 0.4) is 0 Å². The van der Waals surface area contributed by atoms with E-state index in [1.54, 1.807) is 0 Å². The zero-order chi connectivity index (χ0) is 16.5. The molecule has 0 saturated heterocycles. The number of allylic oxidation sites excluding steroid dienone is 1. The summed E-state index contributed by atoms with van der Waals surface area (Å²) in [7, 11) is 0. The van der Waals surface area contributed by atoms with Gasteiger partial charge in [-0.2, -0.15) is 5.26 Å². The van der Waals surface area contributed by atoms with Crippen LogP contribution in [0.2, 0.25) is 0 Å². The summed E-state index contributed by atoms with van der Waals surface area (Å²) in [5.41, 5.74) is 4.23. The minimum atomic E-state index is -0.118. The number of rotatable bonds is 2. The van der Waals surface area contributed by atoms with Gasteiger partial charge in [0.1, 0.15) is 23.7 Å². The van der Waals surface area contributed by atoms with Crippen molar-refractivity contribution in [3.05, 3.63) is 71.6 Å². The van der Waals surface area contributed by atoms with E-state index in [9.17, 15) is 5.26 Å². The van der Waals surface area contributed by atoms with Crippen molar-refractivity contribution in [3.8, 4) is 11.8 Å². The van der Waals surface area contributed by atoms with Gasteiger partial charge in [0.2, 0.25) is 0 Å². The molecular weight excluding hydrogens is 298 g/mol. The fourth-order valence-corrected chi connectivity index (χ4v) is 2.82. The molecule has 0 bridgehead atoms. The van der Waals surface area contributed by atoms with E-state index in [1.165, 1.54) is 0 Å². The van der Waals surface area contributed by atoms with Gasteiger partial charge in [0.05, 0.1) is 16.6 Å². The molecule has 3 aromatic rings. The number of hydrogen-bond acceptors (Lipinski definition) is 3. The van der Waals surface area contributed by atoms with E-state index in [0.29, 0.717) is 11.4 Å². The topological polar surface area (TPSA) is 61.7 Å². The number of benzene rings is 2. The third-order valence-corrected chi connectivity index (χ3v) is 4.09. The maximum Gasteiger partial charge on any atom is 0.149 e. The second-order valence-electron chi connectivity index (χ2n) is 5.71. The smallest absolute Gasteiger partial charge is 0.149 e. The Morgan fingerprint density at radius 2 is 2.00 bits per heavy atom. The molecule has 0 amide bonds. The third-order valence-electron chi connectivity index (χ3n) is 4.09. The zero-order valence-electron chi connectivity index (χ0n) is 13.2. The minimum absolute atomic E-state index is 0.118. The van der Waals surface area contributed by atoms with E-state index in [2.05, 4.69) is 22.1 Å². The summed E-state index contributed by atoms with van der Waals surface area (Å²) in [6.45, 7) is 1.98. The first-order valence-corrected chi connectivity index (χ1v) is 7.79. The Morgan fingerprint density at radius 1 is 1.21 bits per heavy atom. The summed E-state index contributed by atoms with van der Waals surface area (Å²) in [5.74, 6) is 1.44. The first-order chi connectivity index (χ1) is 11.7. The molecule has 116 valence electrons. The Balaban J connectivity index is 1.78. The van der Waals surface area contributed by atoms with Gasteiger partial charge in [-0.3, -0.25) is 0 Å². The van der Waals surface area contributed by atoms with Crippen molar-refractivity contribution in [3.63, 3.8) is 0 Å². The van der Waals surface area contributed by atoms with Gasteiger partial charge in [0.15, 0.2) is 0 Å². The van der Waals surface area contributed by atoms with Crippen LogP contribution in [0.15, 0.2) is 60.2 Å². The summed E-state index contributed by atoms with van der Waals surface area (Å²) < 4.78 is 5.93. The number of para-hydroxylation sites is 3. The number of imidazole rings is 1. The molecule has 4 rings (SSSR count). The van der Waals surface area contributed by atoms with Gasteiger partial charge in [-0.05, 0) is 42.8 Å². The molecule has 24 heavy (non-hydrogen) atoms. The van der Waals surface area contributed by atoms with E-state index >= 15 is 0 Å². The number of aromatic nitrogens is 2. The number of fused-ring (bicyclic) bond motifs is 2. The van der Waals surface area contributed by atoms with Gasteiger partial charge >= 0.3 is 0 Å². The van der Waals surface area contributed by atoms with Crippen LogP contribution in [0.5, 0.6) is 5.75 Å². The highest BCUT2D eigenvalue weighted by atomic mass is 16.5. The fraction of sp³-hybridized carbons (Fsp3) is 0.100. The molecule has 0 fully saturated rings. The van der Waals surface area contributed by atoms with Crippen molar-refractivity contribution in [2.24, 2.45) is 0 Å². The number of aromatic amines is 1. The molecule has 1 aliphatic heterocycles. The second kappa shape index (κ2) is 5.71. The van der Waals surface area contributed by atoms with Gasteiger partial charge in [-0.15, -0.1) is 0 Å². The molecule has 1 unspecified atom stereocenters. The molecule has 0 radical (unpaired) electrons. The van der Waals surface area contributed by atoms with E-state index in [0.717, 1.165) is 27.9 Å². The largest absolute Gasteiger partial charge is 0.485 e. The number of nitriles is 1. The number of H-pyrrole nitrogens is 1. The van der Waals surface area contributed by atoms with Gasteiger partial charge in [0, 0.05) is 5.56 Å². The van der Waals surface area contributed by atoms with Crippen molar-refractivity contribution in [2.45, 2.75) is 13.0 Å². The minimum Gasteiger partial charge on any atom is -0.485 e. The third kappa shape index (κ3) is 2.46. The summed E-state index contributed by atoms with van der Waals surface area (Å²) in [6, 6.07) is 17.9. The average Bonchev–Trinajstić information content (AvgIpc) is 3.03. The highest BCUT2D eigenvalue weighted by Gasteiger charge is 2.18. The predicted molar refractivity (Wildman–Crippen MR) is 94.2 cm³/mol. The number of hydrogen-bond donors (Lipinski definition) is 1. The van der Waals surface area contributed by atoms with Crippen LogP contribution in [-0.2, 0) is 0 Å². The Hall–Kier alpha value is -3.32. The monoisotopic (exact) mass is 313 g/mol. The predicted octanol–water partition coefficient (Wildman–Crippen LogP) is 4.33. The summed E-state index contributed by atoms with van der Waals surface area (Å²) >= 11 is 0. The molecular formula is C20H15N3O. The molecule has 4 heteroatoms. The summed E-state index contributed by atoms with van der Waals surface area (Å²) in [4.78, 5) is 7.70. The molecule has 2 heterocycles. The lowest BCUT2D eigenvalue weighted by atomic mass is 10.0. The van der Waals surface area contributed by atoms with Crippen LogP contribution in [0.1, 0.15) is 18.3 Å². The molecule has 0 aliphatic carbocycles. The Labute approximate surface area is 139 Å².